The fourth-order valence-electron chi connectivity index (χ4n) is 3.37. The number of fused-ring (bicyclic) bond motifs is 2. The van der Waals surface area contributed by atoms with Crippen molar-refractivity contribution >= 4 is 11.9 Å². The molecule has 2 N–H and O–H groups in total. The van der Waals surface area contributed by atoms with E-state index in [1.54, 1.807) is 6.08 Å². The summed E-state index contributed by atoms with van der Waals surface area (Å²) in [5.74, 6) is -2.48. The van der Waals surface area contributed by atoms with E-state index in [1.165, 1.54) is 0 Å². The first kappa shape index (κ1) is 13.6. The van der Waals surface area contributed by atoms with Crippen LogP contribution in [0.15, 0.2) is 12.2 Å². The maximum Gasteiger partial charge on any atom is 0.310 e. The summed E-state index contributed by atoms with van der Waals surface area (Å²) in [4.78, 5) is 26.0. The van der Waals surface area contributed by atoms with Crippen molar-refractivity contribution in [2.24, 2.45) is 11.8 Å². The van der Waals surface area contributed by atoms with E-state index in [2.05, 4.69) is 17.3 Å². The molecule has 0 saturated carbocycles. The minimum Gasteiger partial charge on any atom is -0.481 e. The fraction of sp³-hybridized carbons (Fsp3) is 0.714. The highest BCUT2D eigenvalue weighted by atomic mass is 16.5. The third-order valence-electron chi connectivity index (χ3n) is 4.55. The third-order valence-corrected chi connectivity index (χ3v) is 4.55. The predicted octanol–water partition coefficient (Wildman–Crippen LogP) is -0.149. The summed E-state index contributed by atoms with van der Waals surface area (Å²) < 4.78 is 5.53. The molecule has 0 aromatic heterocycles. The number of carboxylic acid groups (broad SMARTS) is 1. The number of ether oxygens (including phenoxy) is 1. The van der Waals surface area contributed by atoms with E-state index >= 15 is 0 Å². The number of nitrogens with one attached hydrogen (secondary N) is 1. The van der Waals surface area contributed by atoms with Gasteiger partial charge in [0.25, 0.3) is 0 Å². The van der Waals surface area contributed by atoms with E-state index in [4.69, 9.17) is 4.74 Å². The first-order valence-electron chi connectivity index (χ1n) is 7.12. The number of hydrogen-bond donors (Lipinski definition) is 2. The molecule has 0 aromatic carbocycles. The second-order valence-electron chi connectivity index (χ2n) is 5.93. The fourth-order valence-corrected chi connectivity index (χ4v) is 3.37. The smallest absolute Gasteiger partial charge is 0.310 e. The highest BCUT2D eigenvalue weighted by molar-refractivity contribution is 5.87. The molecule has 3 aliphatic rings. The maximum atomic E-state index is 12.4. The average molecular weight is 280 g/mol. The lowest BCUT2D eigenvalue weighted by Gasteiger charge is -2.31. The average Bonchev–Trinajstić information content (AvgIpc) is 3.01. The molecule has 0 radical (unpaired) electrons. The Morgan fingerprint density at radius 2 is 1.80 bits per heavy atom. The summed E-state index contributed by atoms with van der Waals surface area (Å²) in [5.41, 5.74) is 0. The van der Waals surface area contributed by atoms with Gasteiger partial charge in [-0.1, -0.05) is 12.2 Å². The zero-order valence-corrected chi connectivity index (χ0v) is 11.5. The van der Waals surface area contributed by atoms with Crippen LogP contribution in [0, 0.1) is 11.8 Å². The molecule has 3 heterocycles. The van der Waals surface area contributed by atoms with Crippen LogP contribution < -0.4 is 5.32 Å². The van der Waals surface area contributed by atoms with Crippen LogP contribution in [0.3, 0.4) is 0 Å². The number of carbonyl (C=O) groups excluding carboxylic acids is 1. The van der Waals surface area contributed by atoms with Crippen molar-refractivity contribution in [3.63, 3.8) is 0 Å². The normalized spacial score (nSPS) is 37.2. The molecule has 2 fully saturated rings. The maximum absolute atomic E-state index is 12.4. The zero-order chi connectivity index (χ0) is 14.3. The van der Waals surface area contributed by atoms with Gasteiger partial charge < -0.3 is 20.1 Å². The van der Waals surface area contributed by atoms with Gasteiger partial charge in [-0.2, -0.15) is 0 Å². The van der Waals surface area contributed by atoms with E-state index in [1.807, 2.05) is 6.08 Å². The van der Waals surface area contributed by atoms with Crippen molar-refractivity contribution in [1.82, 2.24) is 10.2 Å². The van der Waals surface area contributed by atoms with E-state index in [9.17, 15) is 14.7 Å². The van der Waals surface area contributed by atoms with E-state index < -0.39 is 23.9 Å². The molecule has 0 unspecified atom stereocenters. The zero-order valence-electron chi connectivity index (χ0n) is 11.5. The first-order valence-corrected chi connectivity index (χ1v) is 7.12. The number of carbonyl (C=O) groups is 2. The van der Waals surface area contributed by atoms with E-state index in [0.717, 1.165) is 25.9 Å². The summed E-state index contributed by atoms with van der Waals surface area (Å²) >= 11 is 0. The van der Waals surface area contributed by atoms with E-state index in [0.29, 0.717) is 0 Å². The summed E-state index contributed by atoms with van der Waals surface area (Å²) in [5, 5.41) is 12.3. The van der Waals surface area contributed by atoms with Gasteiger partial charge in [-0.3, -0.25) is 9.59 Å². The Balaban J connectivity index is 1.64. The Bertz CT molecular complexity index is 442. The van der Waals surface area contributed by atoms with Crippen LogP contribution in [0.4, 0.5) is 0 Å². The summed E-state index contributed by atoms with van der Waals surface area (Å²) in [6.45, 7) is 1.92. The Labute approximate surface area is 117 Å². The SMILES string of the molecule is CN1CCC(NC(=O)[C@@H]2[C@@H](C(=O)O)[C@H]3C=C[C@H]2O3)CC1. The number of rotatable bonds is 3. The number of nitrogens with zero attached hydrogens (tertiary/aromatic N) is 1. The van der Waals surface area contributed by atoms with Gasteiger partial charge in [0.1, 0.15) is 5.92 Å². The summed E-state index contributed by atoms with van der Waals surface area (Å²) in [6, 6.07) is 0.149. The number of amides is 1. The monoisotopic (exact) mass is 280 g/mol. The predicted molar refractivity (Wildman–Crippen MR) is 71.1 cm³/mol. The largest absolute Gasteiger partial charge is 0.481 e. The lowest BCUT2D eigenvalue weighted by Crippen LogP contribution is -2.49. The first-order chi connectivity index (χ1) is 9.56. The lowest BCUT2D eigenvalue weighted by atomic mass is 9.82. The van der Waals surface area contributed by atoms with Crippen molar-refractivity contribution in [3.05, 3.63) is 12.2 Å². The molecule has 0 aliphatic carbocycles. The van der Waals surface area contributed by atoms with Gasteiger partial charge in [-0.25, -0.2) is 0 Å². The van der Waals surface area contributed by atoms with Crippen molar-refractivity contribution in [2.45, 2.75) is 31.1 Å². The minimum atomic E-state index is -0.953. The van der Waals surface area contributed by atoms with Crippen LogP contribution in [0.5, 0.6) is 0 Å². The molecule has 6 nitrogen and oxygen atoms in total. The van der Waals surface area contributed by atoms with Crippen molar-refractivity contribution in [3.8, 4) is 0 Å². The van der Waals surface area contributed by atoms with Gasteiger partial charge in [0.15, 0.2) is 0 Å². The molecule has 110 valence electrons. The second-order valence-corrected chi connectivity index (χ2v) is 5.93. The molecule has 2 bridgehead atoms. The molecule has 20 heavy (non-hydrogen) atoms. The molecule has 0 aromatic rings. The van der Waals surface area contributed by atoms with Gasteiger partial charge in [0.2, 0.25) is 5.91 Å². The number of carboxylic acids is 1. The molecular weight excluding hydrogens is 260 g/mol. The van der Waals surface area contributed by atoms with Gasteiger partial charge in [-0.05, 0) is 33.0 Å². The van der Waals surface area contributed by atoms with Crippen molar-refractivity contribution < 1.29 is 19.4 Å². The number of likely N-dealkylation sites (tertiary alicyclic amines) is 1. The quantitative estimate of drug-likeness (QED) is 0.703. The molecule has 3 aliphatic heterocycles. The van der Waals surface area contributed by atoms with E-state index in [-0.39, 0.29) is 18.1 Å². The number of piperidine rings is 1. The van der Waals surface area contributed by atoms with Crippen LogP contribution >= 0.6 is 0 Å². The Morgan fingerprint density at radius 3 is 2.40 bits per heavy atom. The Morgan fingerprint density at radius 1 is 1.20 bits per heavy atom. The standard InChI is InChI=1S/C14H20N2O4/c1-16-6-4-8(5-7-16)15-13(17)11-9-2-3-10(20-9)12(11)14(18)19/h2-3,8-12H,4-7H2,1H3,(H,15,17)(H,18,19)/t9-,10-,11+,12+/m1/s1. The molecule has 3 rings (SSSR count). The van der Waals surface area contributed by atoms with Gasteiger partial charge in [0.05, 0.1) is 18.1 Å². The Kier molecular flexibility index (Phi) is 3.52. The van der Waals surface area contributed by atoms with Crippen LogP contribution in [0.1, 0.15) is 12.8 Å². The second kappa shape index (κ2) is 5.18. The minimum absolute atomic E-state index is 0.149. The van der Waals surface area contributed by atoms with Gasteiger partial charge in [-0.15, -0.1) is 0 Å². The topological polar surface area (TPSA) is 78.9 Å². The van der Waals surface area contributed by atoms with Crippen LogP contribution in [0.25, 0.3) is 0 Å². The van der Waals surface area contributed by atoms with Crippen LogP contribution in [-0.2, 0) is 14.3 Å². The van der Waals surface area contributed by atoms with Crippen LogP contribution in [0.2, 0.25) is 0 Å². The lowest BCUT2D eigenvalue weighted by molar-refractivity contribution is -0.146. The highest BCUT2D eigenvalue weighted by Gasteiger charge is 2.53. The third kappa shape index (κ3) is 2.33. The van der Waals surface area contributed by atoms with Crippen LogP contribution in [-0.4, -0.2) is 60.3 Å². The Hall–Kier alpha value is -1.40. The summed E-state index contributed by atoms with van der Waals surface area (Å²) in [7, 11) is 2.06. The molecule has 6 heteroatoms. The molecule has 0 spiro atoms. The number of aliphatic carboxylic acids is 1. The molecular formula is C14H20N2O4. The van der Waals surface area contributed by atoms with Crippen molar-refractivity contribution in [2.75, 3.05) is 20.1 Å². The summed E-state index contributed by atoms with van der Waals surface area (Å²) in [6.07, 6.45) is 4.55. The van der Waals surface area contributed by atoms with Gasteiger partial charge >= 0.3 is 5.97 Å². The highest BCUT2D eigenvalue weighted by Crippen LogP contribution is 2.39. The number of hydrogen-bond acceptors (Lipinski definition) is 4. The van der Waals surface area contributed by atoms with Crippen molar-refractivity contribution in [1.29, 1.82) is 0 Å². The molecule has 4 atom stereocenters. The van der Waals surface area contributed by atoms with Gasteiger partial charge in [0, 0.05) is 6.04 Å². The molecule has 2 saturated heterocycles. The molecule has 1 amide bonds.